The van der Waals surface area contributed by atoms with Crippen LogP contribution in [0, 0.1) is 0 Å². The van der Waals surface area contributed by atoms with Gasteiger partial charge in [0, 0.05) is 46.2 Å². The molecule has 5 heteroatoms. The Morgan fingerprint density at radius 1 is 0.610 bits per heavy atom. The first-order chi connectivity index (χ1) is 20.0. The molecule has 0 unspecified atom stereocenters. The molecule has 0 atom stereocenters. The van der Waals surface area contributed by atoms with E-state index in [9.17, 15) is 0 Å². The molecular weight excluding hydrogens is 504 g/mol. The van der Waals surface area contributed by atoms with E-state index in [-0.39, 0.29) is 5.41 Å². The molecule has 0 radical (unpaired) electrons. The van der Waals surface area contributed by atoms with Crippen LogP contribution in [0.25, 0.3) is 54.9 Å². The lowest BCUT2D eigenvalue weighted by Crippen LogP contribution is -2.12. The van der Waals surface area contributed by atoms with E-state index in [0.29, 0.717) is 0 Å². The molecule has 0 aliphatic rings. The molecule has 41 heavy (non-hydrogen) atoms. The molecule has 0 bridgehead atoms. The van der Waals surface area contributed by atoms with Crippen molar-refractivity contribution in [3.8, 4) is 17.3 Å². The highest BCUT2D eigenvalue weighted by molar-refractivity contribution is 6.14. The van der Waals surface area contributed by atoms with Crippen LogP contribution in [0.3, 0.4) is 0 Å². The molecule has 0 saturated heterocycles. The predicted octanol–water partition coefficient (Wildman–Crippen LogP) is 9.22. The Bertz CT molecular complexity index is 2270. The number of rotatable bonds is 3. The van der Waals surface area contributed by atoms with Crippen molar-refractivity contribution in [1.29, 1.82) is 0 Å². The summed E-state index contributed by atoms with van der Waals surface area (Å²) in [4.78, 5) is 9.40. The van der Waals surface area contributed by atoms with Crippen molar-refractivity contribution in [2.45, 2.75) is 26.2 Å². The summed E-state index contributed by atoms with van der Waals surface area (Å²) in [7, 11) is 0. The monoisotopic (exact) mass is 532 g/mol. The highest BCUT2D eigenvalue weighted by Crippen LogP contribution is 2.39. The maximum atomic E-state index is 6.55. The Balaban J connectivity index is 1.31. The molecule has 0 spiro atoms. The van der Waals surface area contributed by atoms with Gasteiger partial charge in [0.25, 0.3) is 0 Å². The number of para-hydroxylation sites is 1. The maximum absolute atomic E-state index is 6.55. The molecule has 198 valence electrons. The number of nitrogens with zero attached hydrogens (tertiary/aromatic N) is 4. The fraction of sp³-hybridized carbons (Fsp3) is 0.111. The van der Waals surface area contributed by atoms with E-state index in [0.717, 1.165) is 44.8 Å². The molecule has 0 amide bonds. The highest BCUT2D eigenvalue weighted by Gasteiger charge is 2.21. The van der Waals surface area contributed by atoms with Crippen LogP contribution in [0.5, 0.6) is 11.5 Å². The van der Waals surface area contributed by atoms with Gasteiger partial charge in [-0.1, -0.05) is 57.2 Å². The second kappa shape index (κ2) is 8.67. The largest absolute Gasteiger partial charge is 0.457 e. The number of benzene rings is 4. The van der Waals surface area contributed by atoms with Gasteiger partial charge in [0.2, 0.25) is 0 Å². The van der Waals surface area contributed by atoms with E-state index in [4.69, 9.17) is 9.72 Å². The standard InChI is InChI=1S/C36H28N4O/c1-36(2,3)29-10-8-12-31-34(29)27-17-15-23(21-28(27)35-38-19-20-39(31)35)41-24-14-16-26-25-9-4-5-11-30(25)40(32(26)22-24)33-13-6-7-18-37-33/h4-22H,1-3H3. The first-order valence-electron chi connectivity index (χ1n) is 13.9. The van der Waals surface area contributed by atoms with E-state index in [2.05, 4.69) is 108 Å². The van der Waals surface area contributed by atoms with Crippen LogP contribution in [0.1, 0.15) is 26.3 Å². The summed E-state index contributed by atoms with van der Waals surface area (Å²) in [5, 5.41) is 5.86. The van der Waals surface area contributed by atoms with Crippen LogP contribution in [0.2, 0.25) is 0 Å². The van der Waals surface area contributed by atoms with E-state index in [1.54, 1.807) is 0 Å². The number of hydrogen-bond donors (Lipinski definition) is 0. The SMILES string of the molecule is CC(C)(C)c1cccc2c1c1ccc(Oc3ccc4c5ccccc5n(-c5ccccn5)c4c3)cc1c1nccn21. The number of imidazole rings is 1. The Hall–Kier alpha value is -5.16. The number of hydrogen-bond acceptors (Lipinski definition) is 3. The van der Waals surface area contributed by atoms with E-state index < -0.39 is 0 Å². The lowest BCUT2D eigenvalue weighted by molar-refractivity contribution is 0.484. The highest BCUT2D eigenvalue weighted by atomic mass is 16.5. The number of fused-ring (bicyclic) bond motifs is 9. The predicted molar refractivity (Wildman–Crippen MR) is 168 cm³/mol. The van der Waals surface area contributed by atoms with E-state index in [1.807, 2.05) is 42.9 Å². The van der Waals surface area contributed by atoms with Gasteiger partial charge >= 0.3 is 0 Å². The summed E-state index contributed by atoms with van der Waals surface area (Å²) in [5.41, 5.74) is 5.58. The summed E-state index contributed by atoms with van der Waals surface area (Å²) >= 11 is 0. The fourth-order valence-electron chi connectivity index (χ4n) is 6.22. The molecule has 5 nitrogen and oxygen atoms in total. The van der Waals surface area contributed by atoms with Gasteiger partial charge in [-0.15, -0.1) is 0 Å². The average molecular weight is 533 g/mol. The van der Waals surface area contributed by atoms with Crippen LogP contribution in [-0.4, -0.2) is 18.9 Å². The maximum Gasteiger partial charge on any atom is 0.145 e. The zero-order valence-corrected chi connectivity index (χ0v) is 23.2. The van der Waals surface area contributed by atoms with Gasteiger partial charge < -0.3 is 4.74 Å². The van der Waals surface area contributed by atoms with Crippen molar-refractivity contribution in [1.82, 2.24) is 18.9 Å². The molecule has 0 N–H and O–H groups in total. The average Bonchev–Trinajstić information content (AvgIpc) is 3.60. The second-order valence-corrected chi connectivity index (χ2v) is 11.6. The molecular formula is C36H28N4O. The number of pyridine rings is 2. The third kappa shape index (κ3) is 3.62. The third-order valence-corrected chi connectivity index (χ3v) is 8.01. The molecule has 0 fully saturated rings. The molecule has 8 rings (SSSR count). The van der Waals surface area contributed by atoms with Gasteiger partial charge in [0.05, 0.1) is 16.6 Å². The van der Waals surface area contributed by atoms with Gasteiger partial charge in [0.15, 0.2) is 0 Å². The smallest absolute Gasteiger partial charge is 0.145 e. The van der Waals surface area contributed by atoms with Gasteiger partial charge in [-0.05, 0) is 71.0 Å². The Morgan fingerprint density at radius 3 is 2.20 bits per heavy atom. The topological polar surface area (TPSA) is 44.3 Å². The van der Waals surface area contributed by atoms with E-state index >= 15 is 0 Å². The first kappa shape index (κ1) is 23.7. The van der Waals surface area contributed by atoms with Crippen LogP contribution >= 0.6 is 0 Å². The summed E-state index contributed by atoms with van der Waals surface area (Å²) in [6.45, 7) is 6.80. The summed E-state index contributed by atoms with van der Waals surface area (Å²) in [6.07, 6.45) is 5.74. The molecule has 0 aliphatic heterocycles. The Kier molecular flexibility index (Phi) is 5.01. The fourth-order valence-corrected chi connectivity index (χ4v) is 6.22. The third-order valence-electron chi connectivity index (χ3n) is 8.01. The Morgan fingerprint density at radius 2 is 1.37 bits per heavy atom. The van der Waals surface area contributed by atoms with Crippen molar-refractivity contribution in [2.24, 2.45) is 0 Å². The zero-order chi connectivity index (χ0) is 27.7. The summed E-state index contributed by atoms with van der Waals surface area (Å²) in [5.74, 6) is 2.42. The lowest BCUT2D eigenvalue weighted by Gasteiger charge is -2.23. The van der Waals surface area contributed by atoms with Gasteiger partial charge in [0.1, 0.15) is 23.0 Å². The molecule has 4 aromatic heterocycles. The van der Waals surface area contributed by atoms with Crippen molar-refractivity contribution in [3.63, 3.8) is 0 Å². The van der Waals surface area contributed by atoms with Crippen LogP contribution in [0.4, 0.5) is 0 Å². The normalized spacial score (nSPS) is 12.3. The number of aromatic nitrogens is 4. The Labute approximate surface area is 237 Å². The van der Waals surface area contributed by atoms with Gasteiger partial charge in [-0.25, -0.2) is 9.97 Å². The molecule has 0 saturated carbocycles. The van der Waals surface area contributed by atoms with Crippen molar-refractivity contribution in [2.75, 3.05) is 0 Å². The quantitative estimate of drug-likeness (QED) is 0.213. The van der Waals surface area contributed by atoms with Crippen molar-refractivity contribution < 1.29 is 4.74 Å². The van der Waals surface area contributed by atoms with E-state index in [1.165, 1.54) is 27.2 Å². The summed E-state index contributed by atoms with van der Waals surface area (Å²) in [6, 6.07) is 33.7. The molecule has 4 heterocycles. The van der Waals surface area contributed by atoms with Gasteiger partial charge in [-0.3, -0.25) is 8.97 Å². The van der Waals surface area contributed by atoms with Crippen LogP contribution in [0.15, 0.2) is 116 Å². The zero-order valence-electron chi connectivity index (χ0n) is 23.2. The minimum atomic E-state index is -0.00263. The van der Waals surface area contributed by atoms with Gasteiger partial charge in [-0.2, -0.15) is 0 Å². The van der Waals surface area contributed by atoms with Crippen LogP contribution in [-0.2, 0) is 5.41 Å². The van der Waals surface area contributed by atoms with Crippen LogP contribution < -0.4 is 4.74 Å². The first-order valence-corrected chi connectivity index (χ1v) is 13.9. The molecule has 0 aliphatic carbocycles. The molecule has 4 aromatic carbocycles. The lowest BCUT2D eigenvalue weighted by atomic mass is 9.83. The minimum Gasteiger partial charge on any atom is -0.457 e. The minimum absolute atomic E-state index is 0.00263. The molecule has 8 aromatic rings. The second-order valence-electron chi connectivity index (χ2n) is 11.6. The number of ether oxygens (including phenoxy) is 1. The van der Waals surface area contributed by atoms with Crippen molar-refractivity contribution in [3.05, 3.63) is 121 Å². The summed E-state index contributed by atoms with van der Waals surface area (Å²) < 4.78 is 10.9. The van der Waals surface area contributed by atoms with Crippen molar-refractivity contribution >= 4 is 49.1 Å².